The van der Waals surface area contributed by atoms with E-state index >= 15 is 0 Å². The van der Waals surface area contributed by atoms with E-state index in [4.69, 9.17) is 0 Å². The molecule has 25 heavy (non-hydrogen) atoms. The van der Waals surface area contributed by atoms with Crippen LogP contribution in [0.1, 0.15) is 16.4 Å². The minimum Gasteiger partial charge on any atom is -0.322 e. The zero-order chi connectivity index (χ0) is 17.6. The van der Waals surface area contributed by atoms with Crippen molar-refractivity contribution in [2.24, 2.45) is 0 Å². The summed E-state index contributed by atoms with van der Waals surface area (Å²) in [6.45, 7) is 1.81. The summed E-state index contributed by atoms with van der Waals surface area (Å²) in [5.74, 6) is -0.673. The summed E-state index contributed by atoms with van der Waals surface area (Å²) < 4.78 is 14.1. The molecule has 0 saturated heterocycles. The summed E-state index contributed by atoms with van der Waals surface area (Å²) >= 11 is 1.44. The summed E-state index contributed by atoms with van der Waals surface area (Å²) in [5.41, 5.74) is 1.89. The van der Waals surface area contributed by atoms with Gasteiger partial charge in [-0.25, -0.2) is 4.39 Å². The predicted molar refractivity (Wildman–Crippen MR) is 101 cm³/mol. The molecule has 3 aromatic carbocycles. The SMILES string of the molecule is Cc1ccc(NC(=O)C(Sc2ccccc2)c2ccccc2)c(F)c1. The summed E-state index contributed by atoms with van der Waals surface area (Å²) in [6.07, 6.45) is 0. The van der Waals surface area contributed by atoms with Gasteiger partial charge in [0.15, 0.2) is 0 Å². The van der Waals surface area contributed by atoms with Gasteiger partial charge in [0.25, 0.3) is 0 Å². The lowest BCUT2D eigenvalue weighted by Gasteiger charge is -2.17. The maximum Gasteiger partial charge on any atom is 0.242 e. The van der Waals surface area contributed by atoms with Crippen LogP contribution >= 0.6 is 11.8 Å². The molecule has 0 aromatic heterocycles. The molecule has 0 heterocycles. The van der Waals surface area contributed by atoms with Gasteiger partial charge in [-0.3, -0.25) is 4.79 Å². The van der Waals surface area contributed by atoms with Crippen LogP contribution in [0.4, 0.5) is 10.1 Å². The summed E-state index contributed by atoms with van der Waals surface area (Å²) in [4.78, 5) is 13.8. The number of benzene rings is 3. The van der Waals surface area contributed by atoms with Crippen LogP contribution in [0.15, 0.2) is 83.8 Å². The van der Waals surface area contributed by atoms with E-state index in [0.29, 0.717) is 0 Å². The van der Waals surface area contributed by atoms with Gasteiger partial charge in [0.05, 0.1) is 5.69 Å². The summed E-state index contributed by atoms with van der Waals surface area (Å²) in [7, 11) is 0. The molecular formula is C21H18FNOS. The molecule has 0 bridgehead atoms. The molecule has 0 saturated carbocycles. The first-order valence-corrected chi connectivity index (χ1v) is 8.85. The van der Waals surface area contributed by atoms with Crippen LogP contribution in [-0.2, 0) is 4.79 Å². The third kappa shape index (κ3) is 4.48. The Morgan fingerprint density at radius 1 is 0.960 bits per heavy atom. The van der Waals surface area contributed by atoms with Crippen molar-refractivity contribution in [2.45, 2.75) is 17.1 Å². The first-order chi connectivity index (χ1) is 12.1. The van der Waals surface area contributed by atoms with Crippen molar-refractivity contribution >= 4 is 23.4 Å². The van der Waals surface area contributed by atoms with Gasteiger partial charge in [-0.15, -0.1) is 11.8 Å². The first kappa shape index (κ1) is 17.2. The van der Waals surface area contributed by atoms with E-state index in [1.54, 1.807) is 12.1 Å². The highest BCUT2D eigenvalue weighted by molar-refractivity contribution is 8.00. The van der Waals surface area contributed by atoms with Crippen LogP contribution in [-0.4, -0.2) is 5.91 Å². The van der Waals surface area contributed by atoms with E-state index in [1.807, 2.05) is 67.6 Å². The number of halogens is 1. The highest BCUT2D eigenvalue weighted by atomic mass is 32.2. The van der Waals surface area contributed by atoms with Gasteiger partial charge >= 0.3 is 0 Å². The third-order valence-corrected chi connectivity index (χ3v) is 4.99. The quantitative estimate of drug-likeness (QED) is 0.606. The third-order valence-electron chi connectivity index (χ3n) is 3.72. The molecule has 0 aliphatic carbocycles. The molecule has 0 aliphatic heterocycles. The van der Waals surface area contributed by atoms with Crippen molar-refractivity contribution in [3.8, 4) is 0 Å². The fourth-order valence-corrected chi connectivity index (χ4v) is 3.50. The molecule has 1 N–H and O–H groups in total. The van der Waals surface area contributed by atoms with Gasteiger partial charge in [0.1, 0.15) is 11.1 Å². The molecule has 3 rings (SSSR count). The van der Waals surface area contributed by atoms with E-state index < -0.39 is 11.1 Å². The Morgan fingerprint density at radius 3 is 2.24 bits per heavy atom. The fourth-order valence-electron chi connectivity index (χ4n) is 2.46. The highest BCUT2D eigenvalue weighted by Crippen LogP contribution is 2.36. The molecule has 1 amide bonds. The zero-order valence-electron chi connectivity index (χ0n) is 13.8. The number of anilines is 1. The molecule has 3 aromatic rings. The van der Waals surface area contributed by atoms with Crippen molar-refractivity contribution in [1.82, 2.24) is 0 Å². The topological polar surface area (TPSA) is 29.1 Å². The van der Waals surface area contributed by atoms with Gasteiger partial charge in [-0.2, -0.15) is 0 Å². The number of hydrogen-bond donors (Lipinski definition) is 1. The van der Waals surface area contributed by atoms with Gasteiger partial charge in [0.2, 0.25) is 5.91 Å². The maximum atomic E-state index is 14.1. The lowest BCUT2D eigenvalue weighted by atomic mass is 10.1. The Bertz CT molecular complexity index is 852. The number of carbonyl (C=O) groups is 1. The van der Waals surface area contributed by atoms with E-state index in [-0.39, 0.29) is 11.6 Å². The second kappa shape index (κ2) is 7.99. The van der Waals surface area contributed by atoms with Crippen LogP contribution in [0.3, 0.4) is 0 Å². The van der Waals surface area contributed by atoms with Gasteiger partial charge in [-0.05, 0) is 42.3 Å². The first-order valence-electron chi connectivity index (χ1n) is 7.97. The molecule has 2 nitrogen and oxygen atoms in total. The van der Waals surface area contributed by atoms with Crippen LogP contribution in [0.25, 0.3) is 0 Å². The predicted octanol–water partition coefficient (Wildman–Crippen LogP) is 5.61. The minimum atomic E-state index is -0.468. The van der Waals surface area contributed by atoms with Gasteiger partial charge in [-0.1, -0.05) is 54.6 Å². The molecule has 0 aliphatic rings. The number of thioether (sulfide) groups is 1. The lowest BCUT2D eigenvalue weighted by molar-refractivity contribution is -0.115. The summed E-state index contributed by atoms with van der Waals surface area (Å²) in [6, 6.07) is 24.0. The van der Waals surface area contributed by atoms with Gasteiger partial charge in [0, 0.05) is 4.90 Å². The van der Waals surface area contributed by atoms with E-state index in [0.717, 1.165) is 16.0 Å². The van der Waals surface area contributed by atoms with E-state index in [9.17, 15) is 9.18 Å². The molecule has 126 valence electrons. The van der Waals surface area contributed by atoms with Crippen molar-refractivity contribution in [2.75, 3.05) is 5.32 Å². The second-order valence-electron chi connectivity index (χ2n) is 5.69. The zero-order valence-corrected chi connectivity index (χ0v) is 14.6. The van der Waals surface area contributed by atoms with Crippen LogP contribution in [0, 0.1) is 12.7 Å². The van der Waals surface area contributed by atoms with Crippen LogP contribution < -0.4 is 5.32 Å². The monoisotopic (exact) mass is 351 g/mol. The second-order valence-corrected chi connectivity index (χ2v) is 6.87. The molecule has 1 unspecified atom stereocenters. The van der Waals surface area contributed by atoms with Crippen molar-refractivity contribution in [3.05, 3.63) is 95.8 Å². The molecule has 0 spiro atoms. The molecular weight excluding hydrogens is 333 g/mol. The summed E-state index contributed by atoms with van der Waals surface area (Å²) in [5, 5.41) is 2.25. The van der Waals surface area contributed by atoms with Crippen molar-refractivity contribution in [3.63, 3.8) is 0 Å². The number of carbonyl (C=O) groups excluding carboxylic acids is 1. The fraction of sp³-hybridized carbons (Fsp3) is 0.0952. The molecule has 0 radical (unpaired) electrons. The number of amides is 1. The molecule has 4 heteroatoms. The standard InChI is InChI=1S/C21H18FNOS/c1-15-12-13-19(18(22)14-15)23-21(24)20(16-8-4-2-5-9-16)25-17-10-6-3-7-11-17/h2-14,20H,1H3,(H,23,24). The Balaban J connectivity index is 1.87. The van der Waals surface area contributed by atoms with E-state index in [1.165, 1.54) is 17.8 Å². The molecule has 1 atom stereocenters. The Hall–Kier alpha value is -2.59. The number of aryl methyl sites for hydroxylation is 1. The lowest BCUT2D eigenvalue weighted by Crippen LogP contribution is -2.19. The highest BCUT2D eigenvalue weighted by Gasteiger charge is 2.23. The van der Waals surface area contributed by atoms with E-state index in [2.05, 4.69) is 5.32 Å². The normalized spacial score (nSPS) is 11.8. The minimum absolute atomic E-state index is 0.199. The number of hydrogen-bond acceptors (Lipinski definition) is 2. The Kier molecular flexibility index (Phi) is 5.51. The smallest absolute Gasteiger partial charge is 0.242 e. The van der Waals surface area contributed by atoms with Crippen molar-refractivity contribution < 1.29 is 9.18 Å². The number of rotatable bonds is 5. The number of nitrogens with one attached hydrogen (secondary N) is 1. The average molecular weight is 351 g/mol. The maximum absolute atomic E-state index is 14.1. The Labute approximate surface area is 151 Å². The van der Waals surface area contributed by atoms with Crippen LogP contribution in [0.5, 0.6) is 0 Å². The van der Waals surface area contributed by atoms with Gasteiger partial charge < -0.3 is 5.32 Å². The van der Waals surface area contributed by atoms with Crippen molar-refractivity contribution in [1.29, 1.82) is 0 Å². The largest absolute Gasteiger partial charge is 0.322 e. The average Bonchev–Trinajstić information content (AvgIpc) is 2.63. The Morgan fingerprint density at radius 2 is 1.60 bits per heavy atom. The van der Waals surface area contributed by atoms with Crippen LogP contribution in [0.2, 0.25) is 0 Å². The molecule has 0 fully saturated rings.